The molecule has 0 saturated heterocycles. The van der Waals surface area contributed by atoms with E-state index in [-0.39, 0.29) is 17.5 Å². The second-order valence-corrected chi connectivity index (χ2v) is 8.89. The third kappa shape index (κ3) is 4.02. The lowest BCUT2D eigenvalue weighted by atomic mass is 9.67. The Morgan fingerprint density at radius 2 is 1.76 bits per heavy atom. The highest BCUT2D eigenvalue weighted by Gasteiger charge is 2.44. The van der Waals surface area contributed by atoms with Gasteiger partial charge >= 0.3 is 5.97 Å². The molecule has 2 heteroatoms. The predicted octanol–water partition coefficient (Wildman–Crippen LogP) is 5.60. The number of carbonyl (C=O) groups is 1. The van der Waals surface area contributed by atoms with E-state index >= 15 is 0 Å². The fourth-order valence-electron chi connectivity index (χ4n) is 2.99. The Balaban J connectivity index is 2.85. The molecule has 1 aliphatic carbocycles. The fraction of sp³-hybridized carbons (Fsp3) is 0.947. The molecule has 1 saturated carbocycles. The second kappa shape index (κ2) is 6.30. The van der Waals surface area contributed by atoms with E-state index in [4.69, 9.17) is 4.74 Å². The molecule has 0 radical (unpaired) electrons. The van der Waals surface area contributed by atoms with Crippen LogP contribution in [0.25, 0.3) is 0 Å². The van der Waals surface area contributed by atoms with Gasteiger partial charge in [0.15, 0.2) is 0 Å². The van der Waals surface area contributed by atoms with Crippen LogP contribution in [0.4, 0.5) is 0 Å². The maximum atomic E-state index is 12.7. The summed E-state index contributed by atoms with van der Waals surface area (Å²) in [5, 5.41) is 0. The lowest BCUT2D eigenvalue weighted by molar-refractivity contribution is -0.173. The Bertz CT molecular complexity index is 364. The minimum Gasteiger partial charge on any atom is -0.462 e. The Labute approximate surface area is 132 Å². The summed E-state index contributed by atoms with van der Waals surface area (Å²) in [6, 6.07) is 0. The molecular weight excluding hydrogens is 260 g/mol. The quantitative estimate of drug-likeness (QED) is 0.631. The highest BCUT2D eigenvalue weighted by atomic mass is 16.5. The van der Waals surface area contributed by atoms with Crippen molar-refractivity contribution < 1.29 is 9.53 Å². The molecule has 1 aliphatic rings. The summed E-state index contributed by atoms with van der Waals surface area (Å²) in [5.41, 5.74) is -0.206. The first-order chi connectivity index (χ1) is 9.47. The van der Waals surface area contributed by atoms with Crippen molar-refractivity contribution in [3.05, 3.63) is 0 Å². The fourth-order valence-corrected chi connectivity index (χ4v) is 2.99. The third-order valence-corrected chi connectivity index (χ3v) is 6.36. The number of carbonyl (C=O) groups excluding carboxylic acids is 1. The number of esters is 1. The number of hydrogen-bond donors (Lipinski definition) is 0. The first-order valence-electron chi connectivity index (χ1n) is 8.68. The molecule has 1 rings (SSSR count). The maximum Gasteiger partial charge on any atom is 0.312 e. The van der Waals surface area contributed by atoms with Gasteiger partial charge in [-0.15, -0.1) is 0 Å². The van der Waals surface area contributed by atoms with Gasteiger partial charge in [0.1, 0.15) is 6.10 Å². The van der Waals surface area contributed by atoms with E-state index in [1.165, 1.54) is 19.3 Å². The van der Waals surface area contributed by atoms with E-state index in [0.717, 1.165) is 12.8 Å². The number of ether oxygens (including phenoxy) is 1. The van der Waals surface area contributed by atoms with Gasteiger partial charge in [-0.1, -0.05) is 48.0 Å². The van der Waals surface area contributed by atoms with Gasteiger partial charge in [0.05, 0.1) is 5.41 Å². The molecule has 0 aliphatic heterocycles. The van der Waals surface area contributed by atoms with E-state index in [1.807, 2.05) is 13.8 Å². The van der Waals surface area contributed by atoms with Crippen LogP contribution in [0.5, 0.6) is 0 Å². The van der Waals surface area contributed by atoms with E-state index in [0.29, 0.717) is 11.3 Å². The summed E-state index contributed by atoms with van der Waals surface area (Å²) in [4.78, 5) is 12.7. The molecule has 3 atom stereocenters. The lowest BCUT2D eigenvalue weighted by Crippen LogP contribution is -2.44. The molecule has 1 fully saturated rings. The molecule has 0 spiro atoms. The zero-order valence-corrected chi connectivity index (χ0v) is 15.5. The van der Waals surface area contributed by atoms with Crippen molar-refractivity contribution >= 4 is 5.97 Å². The van der Waals surface area contributed by atoms with Crippen molar-refractivity contribution in [1.82, 2.24) is 0 Å². The molecule has 0 amide bonds. The molecule has 0 N–H and O–H groups in total. The second-order valence-electron chi connectivity index (χ2n) is 8.89. The van der Waals surface area contributed by atoms with Crippen LogP contribution in [0.15, 0.2) is 0 Å². The highest BCUT2D eigenvalue weighted by Crippen LogP contribution is 2.45. The van der Waals surface area contributed by atoms with Crippen molar-refractivity contribution in [2.45, 2.75) is 93.6 Å². The first kappa shape index (κ1) is 18.5. The van der Waals surface area contributed by atoms with Gasteiger partial charge in [0, 0.05) is 0 Å². The maximum absolute atomic E-state index is 12.7. The average Bonchev–Trinajstić information content (AvgIpc) is 2.37. The molecule has 0 aromatic rings. The summed E-state index contributed by atoms with van der Waals surface area (Å²) < 4.78 is 6.04. The molecule has 3 unspecified atom stereocenters. The summed E-state index contributed by atoms with van der Waals surface area (Å²) >= 11 is 0. The van der Waals surface area contributed by atoms with Crippen LogP contribution in [0, 0.1) is 22.2 Å². The zero-order valence-electron chi connectivity index (χ0n) is 15.5. The smallest absolute Gasteiger partial charge is 0.312 e. The Kier molecular flexibility index (Phi) is 5.56. The molecule has 0 heterocycles. The molecule has 0 aromatic carbocycles. The van der Waals surface area contributed by atoms with E-state index in [9.17, 15) is 4.79 Å². The molecule has 2 nitrogen and oxygen atoms in total. The molecule has 0 aromatic heterocycles. The third-order valence-electron chi connectivity index (χ3n) is 6.36. The van der Waals surface area contributed by atoms with Crippen LogP contribution in [0.1, 0.15) is 87.5 Å². The van der Waals surface area contributed by atoms with Crippen molar-refractivity contribution in [3.63, 3.8) is 0 Å². The van der Waals surface area contributed by atoms with E-state index in [1.54, 1.807) is 0 Å². The summed E-state index contributed by atoms with van der Waals surface area (Å²) in [6.07, 6.45) is 5.85. The van der Waals surface area contributed by atoms with Crippen molar-refractivity contribution in [1.29, 1.82) is 0 Å². The SMILES string of the molecule is CCC1CCC(C)(CC)CC1OC(=O)C(C)(C)C(C)(C)C. The topological polar surface area (TPSA) is 26.3 Å². The minimum absolute atomic E-state index is 0.0289. The Morgan fingerprint density at radius 1 is 1.19 bits per heavy atom. The Hall–Kier alpha value is -0.530. The van der Waals surface area contributed by atoms with E-state index in [2.05, 4.69) is 41.5 Å². The van der Waals surface area contributed by atoms with Crippen LogP contribution in [-0.2, 0) is 9.53 Å². The van der Waals surface area contributed by atoms with Crippen LogP contribution in [0.2, 0.25) is 0 Å². The molecular formula is C19H36O2. The van der Waals surface area contributed by atoms with Gasteiger partial charge < -0.3 is 4.74 Å². The molecule has 21 heavy (non-hydrogen) atoms. The zero-order chi connectivity index (χ0) is 16.5. The Morgan fingerprint density at radius 3 is 2.19 bits per heavy atom. The van der Waals surface area contributed by atoms with Gasteiger partial charge in [-0.05, 0) is 56.3 Å². The molecule has 124 valence electrons. The number of rotatable bonds is 4. The average molecular weight is 296 g/mol. The summed E-state index contributed by atoms with van der Waals surface area (Å²) in [7, 11) is 0. The van der Waals surface area contributed by atoms with Gasteiger partial charge in [0.2, 0.25) is 0 Å². The molecule has 0 bridgehead atoms. The monoisotopic (exact) mass is 296 g/mol. The van der Waals surface area contributed by atoms with Gasteiger partial charge in [-0.3, -0.25) is 4.79 Å². The van der Waals surface area contributed by atoms with Crippen LogP contribution in [0.3, 0.4) is 0 Å². The standard InChI is InChI=1S/C19H36O2/c1-9-14-11-12-19(8,10-2)13-15(14)21-16(20)18(6,7)17(3,4)5/h14-15H,9-13H2,1-8H3. The van der Waals surface area contributed by atoms with Crippen molar-refractivity contribution in [2.24, 2.45) is 22.2 Å². The van der Waals surface area contributed by atoms with Gasteiger partial charge in [-0.25, -0.2) is 0 Å². The van der Waals surface area contributed by atoms with Gasteiger partial charge in [-0.2, -0.15) is 0 Å². The number of hydrogen-bond acceptors (Lipinski definition) is 2. The van der Waals surface area contributed by atoms with Crippen LogP contribution >= 0.6 is 0 Å². The normalized spacial score (nSPS) is 31.0. The lowest BCUT2D eigenvalue weighted by Gasteiger charge is -2.44. The minimum atomic E-state index is -0.453. The highest BCUT2D eigenvalue weighted by molar-refractivity contribution is 5.77. The van der Waals surface area contributed by atoms with E-state index < -0.39 is 5.41 Å². The summed E-state index contributed by atoms with van der Waals surface area (Å²) in [6.45, 7) is 17.2. The van der Waals surface area contributed by atoms with Crippen molar-refractivity contribution in [2.75, 3.05) is 0 Å². The largest absolute Gasteiger partial charge is 0.462 e. The van der Waals surface area contributed by atoms with Crippen LogP contribution < -0.4 is 0 Å². The predicted molar refractivity (Wildman–Crippen MR) is 89.1 cm³/mol. The van der Waals surface area contributed by atoms with Crippen molar-refractivity contribution in [3.8, 4) is 0 Å². The summed E-state index contributed by atoms with van der Waals surface area (Å²) in [5.74, 6) is 0.503. The first-order valence-corrected chi connectivity index (χ1v) is 8.68. The van der Waals surface area contributed by atoms with Crippen LogP contribution in [-0.4, -0.2) is 12.1 Å². The van der Waals surface area contributed by atoms with Gasteiger partial charge in [0.25, 0.3) is 0 Å².